The average molecular weight is 377 g/mol. The Balaban J connectivity index is 1.89. The van der Waals surface area contributed by atoms with E-state index >= 15 is 0 Å². The third kappa shape index (κ3) is 5.39. The molecule has 6 nitrogen and oxygen atoms in total. The summed E-state index contributed by atoms with van der Waals surface area (Å²) in [5.41, 5.74) is 5.94. The normalized spacial score (nSPS) is 10.1. The van der Waals surface area contributed by atoms with Gasteiger partial charge in [-0.2, -0.15) is 0 Å². The fourth-order valence-corrected chi connectivity index (χ4v) is 2.54. The lowest BCUT2D eigenvalue weighted by molar-refractivity contribution is -0.121. The molecule has 0 atom stereocenters. The minimum Gasteiger partial charge on any atom is -0.496 e. The van der Waals surface area contributed by atoms with Gasteiger partial charge in [-0.05, 0) is 43.2 Å². The monoisotopic (exact) mass is 376 g/mol. The van der Waals surface area contributed by atoms with E-state index in [1.54, 1.807) is 12.1 Å². The van der Waals surface area contributed by atoms with E-state index in [1.165, 1.54) is 13.2 Å². The molecule has 0 aliphatic heterocycles. The van der Waals surface area contributed by atoms with Crippen molar-refractivity contribution in [2.24, 2.45) is 0 Å². The van der Waals surface area contributed by atoms with Crippen molar-refractivity contribution in [2.75, 3.05) is 13.7 Å². The highest BCUT2D eigenvalue weighted by atomic mass is 35.5. The SMILES string of the molecule is CCOc1ccccc1CCC(=O)NNC(=O)c1cc(Cl)ccc1OC. The summed E-state index contributed by atoms with van der Waals surface area (Å²) in [6.45, 7) is 2.46. The standard InChI is InChI=1S/C19H21ClN2O4/c1-3-26-16-7-5-4-6-13(16)8-11-18(23)21-22-19(24)15-12-14(20)9-10-17(15)25-2/h4-7,9-10,12H,3,8,11H2,1-2H3,(H,21,23)(H,22,24). The van der Waals surface area contributed by atoms with Crippen LogP contribution < -0.4 is 20.3 Å². The van der Waals surface area contributed by atoms with E-state index in [-0.39, 0.29) is 17.9 Å². The van der Waals surface area contributed by atoms with Crippen molar-refractivity contribution in [3.63, 3.8) is 0 Å². The second-order valence-electron chi connectivity index (χ2n) is 5.39. The molecular formula is C19H21ClN2O4. The maximum Gasteiger partial charge on any atom is 0.273 e. The van der Waals surface area contributed by atoms with E-state index in [4.69, 9.17) is 21.1 Å². The second kappa shape index (κ2) is 9.68. The Labute approximate surface area is 157 Å². The van der Waals surface area contributed by atoms with Crippen LogP contribution in [0.1, 0.15) is 29.3 Å². The summed E-state index contributed by atoms with van der Waals surface area (Å²) >= 11 is 5.90. The average Bonchev–Trinajstić information content (AvgIpc) is 2.65. The molecule has 0 fully saturated rings. The molecule has 0 aliphatic rings. The van der Waals surface area contributed by atoms with Gasteiger partial charge in [0.2, 0.25) is 5.91 Å². The quantitative estimate of drug-likeness (QED) is 0.728. The van der Waals surface area contributed by atoms with Crippen molar-refractivity contribution >= 4 is 23.4 Å². The Morgan fingerprint density at radius 2 is 1.85 bits per heavy atom. The molecule has 0 bridgehead atoms. The van der Waals surface area contributed by atoms with Gasteiger partial charge in [-0.1, -0.05) is 29.8 Å². The molecule has 0 saturated heterocycles. The van der Waals surface area contributed by atoms with Gasteiger partial charge in [0, 0.05) is 11.4 Å². The number of rotatable bonds is 7. The van der Waals surface area contributed by atoms with Crippen LogP contribution in [-0.2, 0) is 11.2 Å². The van der Waals surface area contributed by atoms with Crippen LogP contribution in [0.5, 0.6) is 11.5 Å². The van der Waals surface area contributed by atoms with E-state index in [0.29, 0.717) is 23.8 Å². The summed E-state index contributed by atoms with van der Waals surface area (Å²) in [6, 6.07) is 12.2. The van der Waals surface area contributed by atoms with Crippen molar-refractivity contribution in [1.82, 2.24) is 10.9 Å². The van der Waals surface area contributed by atoms with Gasteiger partial charge >= 0.3 is 0 Å². The lowest BCUT2D eigenvalue weighted by atomic mass is 10.1. The van der Waals surface area contributed by atoms with Gasteiger partial charge < -0.3 is 9.47 Å². The number of halogens is 1. The fraction of sp³-hybridized carbons (Fsp3) is 0.263. The number of carbonyl (C=O) groups excluding carboxylic acids is 2. The zero-order chi connectivity index (χ0) is 18.9. The number of hydrogen-bond acceptors (Lipinski definition) is 4. The number of methoxy groups -OCH3 is 1. The first kappa shape index (κ1) is 19.6. The summed E-state index contributed by atoms with van der Waals surface area (Å²) < 4.78 is 10.7. The smallest absolute Gasteiger partial charge is 0.273 e. The van der Waals surface area contributed by atoms with Crippen LogP contribution in [-0.4, -0.2) is 25.5 Å². The van der Waals surface area contributed by atoms with Crippen molar-refractivity contribution < 1.29 is 19.1 Å². The third-order valence-corrected chi connectivity index (χ3v) is 3.85. The number of ether oxygens (including phenoxy) is 2. The molecule has 2 rings (SSSR count). The van der Waals surface area contributed by atoms with Crippen LogP contribution in [0.3, 0.4) is 0 Å². The molecule has 0 heterocycles. The minimum atomic E-state index is -0.507. The number of hydrazine groups is 1. The Kier molecular flexibility index (Phi) is 7.29. The highest BCUT2D eigenvalue weighted by molar-refractivity contribution is 6.31. The molecule has 0 aromatic heterocycles. The minimum absolute atomic E-state index is 0.205. The first-order valence-electron chi connectivity index (χ1n) is 8.18. The number of aryl methyl sites for hydroxylation is 1. The highest BCUT2D eigenvalue weighted by Crippen LogP contribution is 2.22. The zero-order valence-electron chi connectivity index (χ0n) is 14.7. The molecule has 0 radical (unpaired) electrons. The van der Waals surface area contributed by atoms with Crippen LogP contribution in [0, 0.1) is 0 Å². The Morgan fingerprint density at radius 3 is 2.58 bits per heavy atom. The second-order valence-corrected chi connectivity index (χ2v) is 5.82. The van der Waals surface area contributed by atoms with E-state index in [1.807, 2.05) is 31.2 Å². The first-order chi connectivity index (χ1) is 12.5. The number of hydrogen-bond donors (Lipinski definition) is 2. The van der Waals surface area contributed by atoms with E-state index in [2.05, 4.69) is 10.9 Å². The molecule has 26 heavy (non-hydrogen) atoms. The molecule has 0 spiro atoms. The van der Waals surface area contributed by atoms with Crippen molar-refractivity contribution in [2.45, 2.75) is 19.8 Å². The Morgan fingerprint density at radius 1 is 1.08 bits per heavy atom. The van der Waals surface area contributed by atoms with Crippen LogP contribution in [0.15, 0.2) is 42.5 Å². The fourth-order valence-electron chi connectivity index (χ4n) is 2.37. The molecule has 2 aromatic carbocycles. The van der Waals surface area contributed by atoms with Gasteiger partial charge in [-0.25, -0.2) is 0 Å². The molecule has 2 amide bonds. The number of benzene rings is 2. The summed E-state index contributed by atoms with van der Waals surface area (Å²) in [6.07, 6.45) is 0.704. The van der Waals surface area contributed by atoms with E-state index in [0.717, 1.165) is 11.3 Å². The van der Waals surface area contributed by atoms with Gasteiger partial charge in [0.1, 0.15) is 11.5 Å². The van der Waals surface area contributed by atoms with Gasteiger partial charge in [-0.3, -0.25) is 20.4 Å². The topological polar surface area (TPSA) is 76.7 Å². The van der Waals surface area contributed by atoms with Crippen LogP contribution >= 0.6 is 11.6 Å². The lowest BCUT2D eigenvalue weighted by Crippen LogP contribution is -2.41. The highest BCUT2D eigenvalue weighted by Gasteiger charge is 2.14. The van der Waals surface area contributed by atoms with Crippen molar-refractivity contribution in [3.8, 4) is 11.5 Å². The summed E-state index contributed by atoms with van der Waals surface area (Å²) in [5.74, 6) is 0.306. The van der Waals surface area contributed by atoms with Crippen LogP contribution in [0.25, 0.3) is 0 Å². The van der Waals surface area contributed by atoms with Crippen molar-refractivity contribution in [3.05, 3.63) is 58.6 Å². The van der Waals surface area contributed by atoms with Gasteiger partial charge in [0.25, 0.3) is 5.91 Å². The zero-order valence-corrected chi connectivity index (χ0v) is 15.4. The number of amides is 2. The number of para-hydroxylation sites is 1. The van der Waals surface area contributed by atoms with Crippen LogP contribution in [0.4, 0.5) is 0 Å². The number of carbonyl (C=O) groups is 2. The summed E-state index contributed by atoms with van der Waals surface area (Å²) in [5, 5.41) is 0.398. The predicted molar refractivity (Wildman–Crippen MR) is 99.5 cm³/mol. The maximum atomic E-state index is 12.2. The molecule has 138 valence electrons. The van der Waals surface area contributed by atoms with Crippen LogP contribution in [0.2, 0.25) is 5.02 Å². The predicted octanol–water partition coefficient (Wildman–Crippen LogP) is 3.14. The maximum absolute atomic E-state index is 12.2. The summed E-state index contributed by atoms with van der Waals surface area (Å²) in [7, 11) is 1.45. The Bertz CT molecular complexity index is 780. The Hall–Kier alpha value is -2.73. The molecule has 2 aromatic rings. The van der Waals surface area contributed by atoms with Crippen molar-refractivity contribution in [1.29, 1.82) is 0 Å². The van der Waals surface area contributed by atoms with E-state index < -0.39 is 5.91 Å². The molecule has 2 N–H and O–H groups in total. The molecule has 7 heteroatoms. The molecule has 0 aliphatic carbocycles. The van der Waals surface area contributed by atoms with E-state index in [9.17, 15) is 9.59 Å². The van der Waals surface area contributed by atoms with Gasteiger partial charge in [0.05, 0.1) is 19.3 Å². The third-order valence-electron chi connectivity index (χ3n) is 3.62. The number of nitrogens with one attached hydrogen (secondary N) is 2. The lowest BCUT2D eigenvalue weighted by Gasteiger charge is -2.12. The van der Waals surface area contributed by atoms with Gasteiger partial charge in [0.15, 0.2) is 0 Å². The molecular weight excluding hydrogens is 356 g/mol. The first-order valence-corrected chi connectivity index (χ1v) is 8.56. The van der Waals surface area contributed by atoms with Gasteiger partial charge in [-0.15, -0.1) is 0 Å². The molecule has 0 saturated carbocycles. The largest absolute Gasteiger partial charge is 0.496 e. The molecule has 0 unspecified atom stereocenters. The summed E-state index contributed by atoms with van der Waals surface area (Å²) in [4.78, 5) is 24.2.